The van der Waals surface area contributed by atoms with Crippen molar-refractivity contribution in [2.45, 2.75) is 31.8 Å². The lowest BCUT2D eigenvalue weighted by molar-refractivity contribution is -0.121. The minimum atomic E-state index is -0.466. The van der Waals surface area contributed by atoms with Crippen molar-refractivity contribution in [1.29, 1.82) is 0 Å². The Morgan fingerprint density at radius 1 is 0.969 bits per heavy atom. The molecule has 2 aromatic rings. The van der Waals surface area contributed by atoms with Crippen LogP contribution in [0.25, 0.3) is 0 Å². The molecule has 3 aliphatic rings. The smallest absolute Gasteiger partial charge is 0.260 e. The predicted octanol–water partition coefficient (Wildman–Crippen LogP) is 3.12. The van der Waals surface area contributed by atoms with Gasteiger partial charge in [0.05, 0.1) is 11.3 Å². The highest BCUT2D eigenvalue weighted by molar-refractivity contribution is 6.16. The van der Waals surface area contributed by atoms with Gasteiger partial charge in [0, 0.05) is 43.9 Å². The number of hydrogen-bond acceptors (Lipinski definition) is 4. The van der Waals surface area contributed by atoms with Crippen LogP contribution in [0.5, 0.6) is 0 Å². The number of carbonyl (C=O) groups is 3. The minimum Gasteiger partial charge on any atom is -0.381 e. The average Bonchev–Trinajstić information content (AvgIpc) is 3.13. The van der Waals surface area contributed by atoms with Crippen molar-refractivity contribution in [3.05, 3.63) is 65.2 Å². The zero-order valence-electron chi connectivity index (χ0n) is 18.0. The van der Waals surface area contributed by atoms with E-state index in [-0.39, 0.29) is 17.7 Å². The number of benzene rings is 2. The molecule has 7 heteroatoms. The van der Waals surface area contributed by atoms with Crippen LogP contribution in [0.4, 0.5) is 5.69 Å². The molecule has 1 N–H and O–H groups in total. The number of ether oxygens (including phenoxy) is 1. The molecule has 0 saturated carbocycles. The van der Waals surface area contributed by atoms with Gasteiger partial charge in [0.2, 0.25) is 5.91 Å². The zero-order chi connectivity index (χ0) is 22.1. The molecule has 32 heavy (non-hydrogen) atoms. The molecule has 1 fully saturated rings. The predicted molar refractivity (Wildman–Crippen MR) is 119 cm³/mol. The van der Waals surface area contributed by atoms with E-state index in [2.05, 4.69) is 5.32 Å². The second kappa shape index (κ2) is 8.74. The molecular weight excluding hydrogens is 406 g/mol. The normalized spacial score (nSPS) is 20.1. The highest BCUT2D eigenvalue weighted by atomic mass is 16.5. The van der Waals surface area contributed by atoms with Crippen LogP contribution >= 0.6 is 0 Å². The molecule has 1 unspecified atom stereocenters. The Kier molecular flexibility index (Phi) is 5.66. The van der Waals surface area contributed by atoms with E-state index >= 15 is 0 Å². The number of rotatable bonds is 6. The summed E-state index contributed by atoms with van der Waals surface area (Å²) in [5, 5.41) is 3.02. The van der Waals surface area contributed by atoms with E-state index in [1.807, 2.05) is 42.5 Å². The summed E-state index contributed by atoms with van der Waals surface area (Å²) in [6, 6.07) is 14.7. The zero-order valence-corrected chi connectivity index (χ0v) is 18.0. The fourth-order valence-corrected chi connectivity index (χ4v) is 4.91. The molecule has 3 aliphatic heterocycles. The molecule has 3 amide bonds. The number of fused-ring (bicyclic) bond motifs is 5. The Morgan fingerprint density at radius 2 is 1.69 bits per heavy atom. The van der Waals surface area contributed by atoms with E-state index in [0.717, 1.165) is 31.6 Å². The summed E-state index contributed by atoms with van der Waals surface area (Å²) < 4.78 is 5.36. The minimum absolute atomic E-state index is 0.00102. The van der Waals surface area contributed by atoms with Crippen LogP contribution in [0.3, 0.4) is 0 Å². The van der Waals surface area contributed by atoms with Gasteiger partial charge < -0.3 is 15.0 Å². The van der Waals surface area contributed by atoms with Gasteiger partial charge in [-0.15, -0.1) is 0 Å². The van der Waals surface area contributed by atoms with Crippen LogP contribution in [0.1, 0.15) is 58.1 Å². The fraction of sp³-hybridized carbons (Fsp3) is 0.400. The quantitative estimate of drug-likeness (QED) is 0.759. The second-order valence-electron chi connectivity index (χ2n) is 8.62. The summed E-state index contributed by atoms with van der Waals surface area (Å²) in [4.78, 5) is 42.4. The Hall–Kier alpha value is -3.19. The highest BCUT2D eigenvalue weighted by Gasteiger charge is 2.47. The molecule has 7 nitrogen and oxygen atoms in total. The summed E-state index contributed by atoms with van der Waals surface area (Å²) in [5.41, 5.74) is 2.63. The molecule has 0 radical (unpaired) electrons. The number of nitrogens with zero attached hydrogens (tertiary/aromatic N) is 2. The molecule has 1 saturated heterocycles. The lowest BCUT2D eigenvalue weighted by atomic mass is 10.0. The van der Waals surface area contributed by atoms with Gasteiger partial charge in [0.25, 0.3) is 11.8 Å². The van der Waals surface area contributed by atoms with Gasteiger partial charge in [-0.1, -0.05) is 30.3 Å². The Labute approximate surface area is 187 Å². The number of para-hydroxylation sites is 1. The van der Waals surface area contributed by atoms with Crippen LogP contribution in [-0.2, 0) is 9.53 Å². The third-order valence-corrected chi connectivity index (χ3v) is 6.61. The average molecular weight is 434 g/mol. The second-order valence-corrected chi connectivity index (χ2v) is 8.62. The summed E-state index contributed by atoms with van der Waals surface area (Å²) in [6.45, 7) is 2.60. The van der Waals surface area contributed by atoms with Crippen molar-refractivity contribution in [3.63, 3.8) is 0 Å². The molecule has 166 valence electrons. The maximum atomic E-state index is 13.4. The van der Waals surface area contributed by atoms with Gasteiger partial charge in [-0.25, -0.2) is 0 Å². The summed E-state index contributed by atoms with van der Waals surface area (Å²) in [5.74, 6) is 0.280. The molecule has 5 rings (SSSR count). The number of anilines is 1. The molecule has 1 atom stereocenters. The Balaban J connectivity index is 1.29. The van der Waals surface area contributed by atoms with E-state index < -0.39 is 6.17 Å². The summed E-state index contributed by atoms with van der Waals surface area (Å²) in [7, 11) is 0. The molecule has 3 heterocycles. The first-order valence-electron chi connectivity index (χ1n) is 11.3. The summed E-state index contributed by atoms with van der Waals surface area (Å²) in [6.07, 6.45) is 2.37. The summed E-state index contributed by atoms with van der Waals surface area (Å²) >= 11 is 0. The maximum Gasteiger partial charge on any atom is 0.260 e. The van der Waals surface area contributed by atoms with E-state index in [9.17, 15) is 14.4 Å². The SMILES string of the molecule is O=C(CCCN1C(=O)c2ccccc2N2C(=O)c3ccccc3C12)NCC1CCOCC1. The van der Waals surface area contributed by atoms with Crippen molar-refractivity contribution in [2.24, 2.45) is 5.92 Å². The van der Waals surface area contributed by atoms with Crippen LogP contribution in [0.2, 0.25) is 0 Å². The standard InChI is InChI=1S/C25H27N3O4/c29-22(26-16-17-11-14-32-15-12-17)10-5-13-27-23-18-6-1-2-7-19(18)25(31)28(23)21-9-4-3-8-20(21)24(27)30/h1-4,6-9,17,23H,5,10-16H2,(H,26,29). The molecule has 0 aromatic heterocycles. The van der Waals surface area contributed by atoms with Gasteiger partial charge in [0.1, 0.15) is 6.17 Å². The Bertz CT molecular complexity index is 1050. The third kappa shape index (κ3) is 3.66. The number of hydrogen-bond donors (Lipinski definition) is 1. The van der Waals surface area contributed by atoms with Crippen molar-refractivity contribution in [1.82, 2.24) is 10.2 Å². The lowest BCUT2D eigenvalue weighted by Crippen LogP contribution is -2.48. The first-order valence-corrected chi connectivity index (χ1v) is 11.3. The highest BCUT2D eigenvalue weighted by Crippen LogP contribution is 2.45. The number of carbonyl (C=O) groups excluding carboxylic acids is 3. The molecular formula is C25H27N3O4. The molecule has 0 spiro atoms. The topological polar surface area (TPSA) is 79.0 Å². The number of amides is 3. The van der Waals surface area contributed by atoms with Gasteiger partial charge in [-0.2, -0.15) is 0 Å². The maximum absolute atomic E-state index is 13.4. The van der Waals surface area contributed by atoms with Crippen LogP contribution < -0.4 is 10.2 Å². The van der Waals surface area contributed by atoms with E-state index in [1.54, 1.807) is 15.9 Å². The Morgan fingerprint density at radius 3 is 2.50 bits per heavy atom. The van der Waals surface area contributed by atoms with E-state index in [4.69, 9.17) is 4.74 Å². The van der Waals surface area contributed by atoms with Crippen molar-refractivity contribution in [3.8, 4) is 0 Å². The fourth-order valence-electron chi connectivity index (χ4n) is 4.91. The monoisotopic (exact) mass is 433 g/mol. The molecule has 2 aromatic carbocycles. The number of nitrogens with one attached hydrogen (secondary N) is 1. The van der Waals surface area contributed by atoms with E-state index in [0.29, 0.717) is 48.7 Å². The van der Waals surface area contributed by atoms with Crippen molar-refractivity contribution >= 4 is 23.4 Å². The van der Waals surface area contributed by atoms with Gasteiger partial charge >= 0.3 is 0 Å². The largest absolute Gasteiger partial charge is 0.381 e. The van der Waals surface area contributed by atoms with Crippen molar-refractivity contribution < 1.29 is 19.1 Å². The molecule has 0 bridgehead atoms. The van der Waals surface area contributed by atoms with Crippen molar-refractivity contribution in [2.75, 3.05) is 31.2 Å². The van der Waals surface area contributed by atoms with E-state index in [1.165, 1.54) is 0 Å². The van der Waals surface area contributed by atoms with Gasteiger partial charge in [0.15, 0.2) is 0 Å². The first-order chi connectivity index (χ1) is 15.6. The van der Waals surface area contributed by atoms with Crippen LogP contribution in [0, 0.1) is 5.92 Å². The van der Waals surface area contributed by atoms with Gasteiger partial charge in [-0.3, -0.25) is 19.3 Å². The van der Waals surface area contributed by atoms with Crippen LogP contribution in [-0.4, -0.2) is 48.9 Å². The van der Waals surface area contributed by atoms with Crippen LogP contribution in [0.15, 0.2) is 48.5 Å². The lowest BCUT2D eigenvalue weighted by Gasteiger charge is -2.41. The third-order valence-electron chi connectivity index (χ3n) is 6.61. The first kappa shape index (κ1) is 20.7. The molecule has 0 aliphatic carbocycles. The van der Waals surface area contributed by atoms with Gasteiger partial charge in [-0.05, 0) is 43.4 Å².